The molecule has 2 aromatic heterocycles. The molecule has 0 saturated carbocycles. The number of nitrogens with one attached hydrogen (secondary N) is 2. The number of amidine groups is 2. The largest absolute Gasteiger partial charge is 0.480 e. The summed E-state index contributed by atoms with van der Waals surface area (Å²) < 4.78 is 40.0. The number of hydrogen-bond donors (Lipinski definition) is 4. The molecule has 82 heavy (non-hydrogen) atoms. The number of fused-ring (bicyclic) bond motifs is 2. The van der Waals surface area contributed by atoms with Gasteiger partial charge >= 0.3 is 35.9 Å². The third-order valence-corrected chi connectivity index (χ3v) is 17.2. The number of carboxylic acids is 2. The van der Waals surface area contributed by atoms with Crippen LogP contribution < -0.4 is 10.6 Å². The molecule has 8 heterocycles. The van der Waals surface area contributed by atoms with Crippen molar-refractivity contribution in [3.8, 4) is 0 Å². The molecule has 2 aromatic carbocycles. The second kappa shape index (κ2) is 25.2. The van der Waals surface area contributed by atoms with Gasteiger partial charge in [0, 0.05) is 110 Å². The van der Waals surface area contributed by atoms with Crippen molar-refractivity contribution in [3.63, 3.8) is 0 Å². The van der Waals surface area contributed by atoms with Gasteiger partial charge < -0.3 is 49.9 Å². The van der Waals surface area contributed by atoms with Crippen LogP contribution >= 0.6 is 45.9 Å². The highest BCUT2D eigenvalue weighted by atomic mass is 35.5. The highest BCUT2D eigenvalue weighted by molar-refractivity contribution is 7.12. The number of carbonyl (C=O) groups excluding carboxylic acids is 4. The number of esters is 2. The number of aliphatic imine (C=N–C) groups is 2. The molecule has 4 saturated heterocycles. The van der Waals surface area contributed by atoms with Gasteiger partial charge in [-0.2, -0.15) is 0 Å². The molecule has 0 bridgehead atoms. The van der Waals surface area contributed by atoms with E-state index < -0.39 is 71.8 Å². The SMILES string of the molecule is CCOC(=O)C1=C(CN2CCN3C(=O)N(C(C)C)C[C@@H]3[C@H]2C(=O)O)NC(c2nccs2)=N[C@H]1c1cccc(F)c1Cl.CCOC(=O)C1=C(CN2CCN3C(=O)N(C(C)C)C[C@H]3[C@@H]2C(=O)O)NC(c2nccs2)=N[C@H]1c1cccc(F)c1Cl. The Morgan fingerprint density at radius 2 is 1.05 bits per heavy atom. The minimum Gasteiger partial charge on any atom is -0.480 e. The molecular formula is C54H60Cl2F2N12O10S2. The average Bonchev–Trinajstić information content (AvgIpc) is 3.01. The Hall–Kier alpha value is -7.10. The van der Waals surface area contributed by atoms with E-state index in [0.29, 0.717) is 46.2 Å². The molecule has 0 spiro atoms. The highest BCUT2D eigenvalue weighted by Gasteiger charge is 2.52. The first-order valence-corrected chi connectivity index (χ1v) is 29.0. The lowest BCUT2D eigenvalue weighted by molar-refractivity contribution is -0.148. The maximum absolute atomic E-state index is 14.6. The van der Waals surface area contributed by atoms with Gasteiger partial charge in [-0.1, -0.05) is 47.5 Å². The smallest absolute Gasteiger partial charge is 0.338 e. The Balaban J connectivity index is 0.000000198. The topological polar surface area (TPSA) is 255 Å². The average molecular weight is 1210 g/mol. The Morgan fingerprint density at radius 3 is 1.38 bits per heavy atom. The van der Waals surface area contributed by atoms with E-state index >= 15 is 0 Å². The number of amides is 4. The van der Waals surface area contributed by atoms with Crippen molar-refractivity contribution in [2.45, 2.75) is 89.9 Å². The molecule has 6 atom stereocenters. The van der Waals surface area contributed by atoms with E-state index in [9.17, 15) is 47.8 Å². The number of rotatable bonds is 16. The number of ether oxygens (including phenoxy) is 2. The molecule has 4 amide bonds. The van der Waals surface area contributed by atoms with Gasteiger partial charge in [-0.25, -0.2) is 37.9 Å². The fourth-order valence-corrected chi connectivity index (χ4v) is 12.7. The zero-order valence-electron chi connectivity index (χ0n) is 45.4. The lowest BCUT2D eigenvalue weighted by Gasteiger charge is -2.42. The third kappa shape index (κ3) is 11.8. The lowest BCUT2D eigenvalue weighted by Crippen LogP contribution is -2.62. The summed E-state index contributed by atoms with van der Waals surface area (Å²) >= 11 is 15.4. The number of halogens is 4. The van der Waals surface area contributed by atoms with Crippen molar-refractivity contribution in [2.24, 2.45) is 9.98 Å². The quantitative estimate of drug-likeness (QED) is 0.0904. The Morgan fingerprint density at radius 1 is 0.659 bits per heavy atom. The molecule has 4 N–H and O–H groups in total. The molecule has 4 aromatic rings. The van der Waals surface area contributed by atoms with E-state index in [1.54, 1.807) is 78.5 Å². The van der Waals surface area contributed by atoms with Crippen molar-refractivity contribution in [1.82, 2.24) is 50.0 Å². The van der Waals surface area contributed by atoms with Crippen molar-refractivity contribution in [2.75, 3.05) is 65.6 Å². The minimum absolute atomic E-state index is 0.000840. The zero-order valence-corrected chi connectivity index (χ0v) is 48.6. The van der Waals surface area contributed by atoms with Crippen LogP contribution in [0, 0.1) is 11.6 Å². The van der Waals surface area contributed by atoms with E-state index in [1.165, 1.54) is 46.9 Å². The molecular weight excluding hydrogens is 1150 g/mol. The normalized spacial score (nSPS) is 23.0. The highest BCUT2D eigenvalue weighted by Crippen LogP contribution is 2.41. The van der Waals surface area contributed by atoms with Crippen molar-refractivity contribution >= 4 is 93.5 Å². The number of carboxylic acid groups (broad SMARTS) is 2. The lowest BCUT2D eigenvalue weighted by atomic mass is 9.94. The monoisotopic (exact) mass is 1210 g/mol. The van der Waals surface area contributed by atoms with Gasteiger partial charge in [0.05, 0.1) is 46.5 Å². The number of aromatic nitrogens is 2. The number of aliphatic carboxylic acids is 2. The van der Waals surface area contributed by atoms with Gasteiger partial charge in [0.1, 0.15) is 35.8 Å². The zero-order chi connectivity index (χ0) is 58.8. The molecule has 4 fully saturated rings. The van der Waals surface area contributed by atoms with Crippen LogP contribution in [0.2, 0.25) is 10.0 Å². The van der Waals surface area contributed by atoms with E-state index in [0.717, 1.165) is 0 Å². The maximum Gasteiger partial charge on any atom is 0.338 e. The van der Waals surface area contributed by atoms with Crippen LogP contribution in [0.4, 0.5) is 18.4 Å². The number of thiazole rings is 2. The van der Waals surface area contributed by atoms with E-state index in [1.807, 2.05) is 27.7 Å². The second-order valence-corrected chi connectivity index (χ2v) is 22.8. The van der Waals surface area contributed by atoms with Crippen LogP contribution in [0.1, 0.15) is 74.8 Å². The number of urea groups is 2. The van der Waals surface area contributed by atoms with E-state index in [4.69, 9.17) is 42.7 Å². The fraction of sp³-hybridized carbons (Fsp3) is 0.444. The van der Waals surface area contributed by atoms with E-state index in [2.05, 4.69) is 20.6 Å². The standard InChI is InChI=1S/2C27H30ClFN6O5S/c2*1-4-40-26(38)19-17(12-33-9-10-34-18(22(33)25(36)37)13-35(14(2)3)27(34)39)31-23(24-30-8-11-41-24)32-21(19)15-6-5-7-16(29)20(15)28/h2*5-8,11,14,18,21-22H,4,9-10,12-13H2,1-3H3,(H,31,32)(H,36,37)/t18-,21+,22+;18-,21-,22+/m10/s1. The number of carbonyl (C=O) groups is 6. The predicted molar refractivity (Wildman–Crippen MR) is 301 cm³/mol. The Kier molecular flexibility index (Phi) is 18.3. The number of hydrogen-bond acceptors (Lipinski definition) is 18. The number of piperazine rings is 2. The molecule has 28 heteroatoms. The van der Waals surface area contributed by atoms with Crippen LogP contribution in [-0.4, -0.2) is 199 Å². The minimum atomic E-state index is -1.08. The molecule has 0 radical (unpaired) electrons. The van der Waals surface area contributed by atoms with Gasteiger partial charge in [-0.05, 0) is 53.7 Å². The summed E-state index contributed by atoms with van der Waals surface area (Å²) in [5, 5.41) is 31.3. The third-order valence-electron chi connectivity index (χ3n) is 14.9. The number of nitrogens with zero attached hydrogens (tertiary/aromatic N) is 10. The first-order valence-electron chi connectivity index (χ1n) is 26.5. The van der Waals surface area contributed by atoms with Gasteiger partial charge in [0.2, 0.25) is 0 Å². The summed E-state index contributed by atoms with van der Waals surface area (Å²) in [6.07, 6.45) is 3.21. The first kappa shape index (κ1) is 59.5. The molecule has 0 aliphatic carbocycles. The molecule has 436 valence electrons. The summed E-state index contributed by atoms with van der Waals surface area (Å²) in [4.78, 5) is 106. The van der Waals surface area contributed by atoms with Gasteiger partial charge in [-0.3, -0.25) is 29.4 Å². The van der Waals surface area contributed by atoms with E-state index in [-0.39, 0.29) is 109 Å². The first-order chi connectivity index (χ1) is 39.2. The van der Waals surface area contributed by atoms with Gasteiger partial charge in [0.25, 0.3) is 0 Å². The summed E-state index contributed by atoms with van der Waals surface area (Å²) in [6, 6.07) is 2.74. The number of benzene rings is 2. The molecule has 6 aliphatic heterocycles. The Labute approximate surface area is 488 Å². The molecule has 6 aliphatic rings. The molecule has 0 unspecified atom stereocenters. The molecule has 22 nitrogen and oxygen atoms in total. The summed E-state index contributed by atoms with van der Waals surface area (Å²) in [6.45, 7) is 12.8. The van der Waals surface area contributed by atoms with Crippen LogP contribution in [0.25, 0.3) is 0 Å². The van der Waals surface area contributed by atoms with Crippen molar-refractivity contribution in [3.05, 3.63) is 125 Å². The van der Waals surface area contributed by atoms with Crippen molar-refractivity contribution in [1.29, 1.82) is 0 Å². The second-order valence-electron chi connectivity index (χ2n) is 20.3. The van der Waals surface area contributed by atoms with Gasteiger partial charge in [0.15, 0.2) is 21.7 Å². The van der Waals surface area contributed by atoms with Crippen LogP contribution in [-0.2, 0) is 28.7 Å². The van der Waals surface area contributed by atoms with Crippen molar-refractivity contribution < 1.29 is 57.2 Å². The van der Waals surface area contributed by atoms with Crippen LogP contribution in [0.3, 0.4) is 0 Å². The van der Waals surface area contributed by atoms with Gasteiger partial charge in [-0.15, -0.1) is 22.7 Å². The molecule has 10 rings (SSSR count). The Bertz CT molecular complexity index is 3050. The van der Waals surface area contributed by atoms with Crippen LogP contribution in [0.15, 0.2) is 92.1 Å². The van der Waals surface area contributed by atoms with Crippen LogP contribution in [0.5, 0.6) is 0 Å². The maximum atomic E-state index is 14.6. The predicted octanol–water partition coefficient (Wildman–Crippen LogP) is 6.25. The summed E-state index contributed by atoms with van der Waals surface area (Å²) in [7, 11) is 0. The fourth-order valence-electron chi connectivity index (χ4n) is 11.1. The summed E-state index contributed by atoms with van der Waals surface area (Å²) in [5.41, 5.74) is 1.40. The summed E-state index contributed by atoms with van der Waals surface area (Å²) in [5.74, 6) is -4.19.